The van der Waals surface area contributed by atoms with Gasteiger partial charge >= 0.3 is 0 Å². The van der Waals surface area contributed by atoms with Crippen molar-refractivity contribution in [3.05, 3.63) is 40.5 Å². The van der Waals surface area contributed by atoms with Crippen molar-refractivity contribution < 1.29 is 9.47 Å². The highest BCUT2D eigenvalue weighted by atomic mass is 32.2. The number of nitrogens with zero attached hydrogens (tertiary/aromatic N) is 4. The van der Waals surface area contributed by atoms with Gasteiger partial charge in [0.15, 0.2) is 11.5 Å². The number of benzene rings is 1. The van der Waals surface area contributed by atoms with Crippen molar-refractivity contribution in [3.8, 4) is 11.5 Å². The molecule has 0 fully saturated rings. The van der Waals surface area contributed by atoms with E-state index in [-0.39, 0.29) is 5.37 Å². The van der Waals surface area contributed by atoms with Crippen LogP contribution < -0.4 is 14.5 Å². The highest BCUT2D eigenvalue weighted by Crippen LogP contribution is 2.51. The molecule has 1 aromatic heterocycles. The summed E-state index contributed by atoms with van der Waals surface area (Å²) in [6.45, 7) is 0. The van der Waals surface area contributed by atoms with Crippen LogP contribution in [0.5, 0.6) is 11.5 Å². The summed E-state index contributed by atoms with van der Waals surface area (Å²) in [7, 11) is 3.29. The van der Waals surface area contributed by atoms with Gasteiger partial charge in [-0.3, -0.25) is 5.01 Å². The quantitative estimate of drug-likeness (QED) is 0.861. The molecule has 2 aliphatic heterocycles. The van der Waals surface area contributed by atoms with Gasteiger partial charge in [-0.2, -0.15) is 0 Å². The van der Waals surface area contributed by atoms with E-state index in [1.807, 2.05) is 16.8 Å². The summed E-state index contributed by atoms with van der Waals surface area (Å²) in [6.07, 6.45) is 1.74. The molecule has 108 valence electrons. The first-order valence-electron chi connectivity index (χ1n) is 6.27. The zero-order valence-electron chi connectivity index (χ0n) is 11.4. The molecule has 0 saturated carbocycles. The molecule has 8 heteroatoms. The molecule has 2 aromatic rings. The van der Waals surface area contributed by atoms with Crippen LogP contribution in [0.25, 0.3) is 0 Å². The zero-order chi connectivity index (χ0) is 14.4. The third-order valence-electron chi connectivity index (χ3n) is 3.37. The first-order chi connectivity index (χ1) is 10.3. The summed E-state index contributed by atoms with van der Waals surface area (Å²) >= 11 is 3.39. The number of rotatable bonds is 3. The zero-order valence-corrected chi connectivity index (χ0v) is 13.0. The molecule has 4 rings (SSSR count). The molecular weight excluding hydrogens is 308 g/mol. The van der Waals surface area contributed by atoms with Crippen LogP contribution in [0.2, 0.25) is 0 Å². The maximum Gasteiger partial charge on any atom is 0.216 e. The van der Waals surface area contributed by atoms with Gasteiger partial charge in [0.25, 0.3) is 0 Å². The van der Waals surface area contributed by atoms with Crippen LogP contribution >= 0.6 is 23.5 Å². The lowest BCUT2D eigenvalue weighted by Gasteiger charge is -2.24. The Balaban J connectivity index is 1.72. The molecule has 3 heterocycles. The molecule has 0 spiro atoms. The van der Waals surface area contributed by atoms with E-state index in [0.717, 1.165) is 22.2 Å². The fourth-order valence-electron chi connectivity index (χ4n) is 2.39. The normalized spacial score (nSPS) is 19.2. The third kappa shape index (κ3) is 1.90. The average molecular weight is 320 g/mol. The molecule has 0 amide bonds. The number of fused-ring (bicyclic) bond motifs is 3. The Morgan fingerprint density at radius 1 is 1.19 bits per heavy atom. The summed E-state index contributed by atoms with van der Waals surface area (Å²) in [5.74, 6) is 1.47. The van der Waals surface area contributed by atoms with Crippen molar-refractivity contribution in [2.75, 3.05) is 19.2 Å². The highest BCUT2D eigenvalue weighted by molar-refractivity contribution is 8.07. The first kappa shape index (κ1) is 12.9. The van der Waals surface area contributed by atoms with Crippen LogP contribution in [0, 0.1) is 0 Å². The van der Waals surface area contributed by atoms with E-state index >= 15 is 0 Å². The summed E-state index contributed by atoms with van der Waals surface area (Å²) in [6, 6.07) is 6.01. The van der Waals surface area contributed by atoms with E-state index in [9.17, 15) is 0 Å². The van der Waals surface area contributed by atoms with E-state index in [4.69, 9.17) is 9.47 Å². The Kier molecular flexibility index (Phi) is 3.00. The van der Waals surface area contributed by atoms with Gasteiger partial charge in [0.05, 0.1) is 14.2 Å². The van der Waals surface area contributed by atoms with E-state index in [1.165, 1.54) is 5.03 Å². The maximum absolute atomic E-state index is 5.40. The third-order valence-corrected chi connectivity index (χ3v) is 5.57. The minimum absolute atomic E-state index is 0.143. The SMILES string of the molecule is COc1ccc(C2SC=C3Sc4nncn4N32)cc1OC. The largest absolute Gasteiger partial charge is 0.493 e. The monoisotopic (exact) mass is 320 g/mol. The Labute approximate surface area is 130 Å². The van der Waals surface area contributed by atoms with Gasteiger partial charge in [0.1, 0.15) is 16.7 Å². The van der Waals surface area contributed by atoms with Gasteiger partial charge in [-0.15, -0.1) is 10.2 Å². The molecule has 1 unspecified atom stereocenters. The topological polar surface area (TPSA) is 52.4 Å². The van der Waals surface area contributed by atoms with Crippen LogP contribution in [0.3, 0.4) is 0 Å². The predicted molar refractivity (Wildman–Crippen MR) is 82.1 cm³/mol. The molecule has 0 bridgehead atoms. The van der Waals surface area contributed by atoms with Crippen LogP contribution in [0.15, 0.2) is 40.1 Å². The second kappa shape index (κ2) is 4.88. The van der Waals surface area contributed by atoms with E-state index in [0.29, 0.717) is 0 Å². The lowest BCUT2D eigenvalue weighted by atomic mass is 10.2. The standard InChI is InChI=1S/C13H12N4O2S2/c1-18-9-4-3-8(5-10(9)19-2)12-17-11(6-20-12)21-13-15-14-7-16(13)17/h3-7,12H,1-2H3. The summed E-state index contributed by atoms with van der Waals surface area (Å²) in [5, 5.41) is 14.6. The van der Waals surface area contributed by atoms with E-state index in [1.54, 1.807) is 44.1 Å². The summed E-state index contributed by atoms with van der Waals surface area (Å²) < 4.78 is 12.7. The van der Waals surface area contributed by atoms with Crippen molar-refractivity contribution in [1.82, 2.24) is 14.9 Å². The lowest BCUT2D eigenvalue weighted by molar-refractivity contribution is 0.354. The molecule has 1 aromatic carbocycles. The molecular formula is C13H12N4O2S2. The number of hydrogen-bond acceptors (Lipinski definition) is 7. The molecule has 0 N–H and O–H groups in total. The second-order valence-corrected chi connectivity index (χ2v) is 6.41. The predicted octanol–water partition coefficient (Wildman–Crippen LogP) is 2.58. The first-order valence-corrected chi connectivity index (χ1v) is 8.02. The van der Waals surface area contributed by atoms with Gasteiger partial charge in [0, 0.05) is 5.41 Å². The smallest absolute Gasteiger partial charge is 0.216 e. The maximum atomic E-state index is 5.40. The van der Waals surface area contributed by atoms with Gasteiger partial charge in [-0.05, 0) is 29.5 Å². The minimum atomic E-state index is 0.143. The fraction of sp³-hybridized carbons (Fsp3) is 0.231. The highest BCUT2D eigenvalue weighted by Gasteiger charge is 2.37. The molecule has 2 aliphatic rings. The van der Waals surface area contributed by atoms with Crippen molar-refractivity contribution in [3.63, 3.8) is 0 Å². The van der Waals surface area contributed by atoms with Gasteiger partial charge in [-0.1, -0.05) is 17.8 Å². The van der Waals surface area contributed by atoms with Crippen molar-refractivity contribution >= 4 is 23.5 Å². The Morgan fingerprint density at radius 2 is 2.05 bits per heavy atom. The number of aromatic nitrogens is 3. The molecule has 0 aliphatic carbocycles. The Bertz CT molecular complexity index is 731. The van der Waals surface area contributed by atoms with Gasteiger partial charge in [0.2, 0.25) is 5.16 Å². The number of hydrogen-bond donors (Lipinski definition) is 0. The summed E-state index contributed by atoms with van der Waals surface area (Å²) in [5.41, 5.74) is 1.14. The number of ether oxygens (including phenoxy) is 2. The molecule has 0 radical (unpaired) electrons. The van der Waals surface area contributed by atoms with Crippen LogP contribution in [0.4, 0.5) is 0 Å². The van der Waals surface area contributed by atoms with Crippen LogP contribution in [-0.4, -0.2) is 29.1 Å². The minimum Gasteiger partial charge on any atom is -0.493 e. The van der Waals surface area contributed by atoms with Crippen molar-refractivity contribution in [2.45, 2.75) is 10.5 Å². The Hall–Kier alpha value is -1.80. The van der Waals surface area contributed by atoms with Crippen molar-refractivity contribution in [2.24, 2.45) is 0 Å². The molecule has 0 saturated heterocycles. The second-order valence-electron chi connectivity index (χ2n) is 4.46. The van der Waals surface area contributed by atoms with Crippen molar-refractivity contribution in [1.29, 1.82) is 0 Å². The lowest BCUT2D eigenvalue weighted by Crippen LogP contribution is -2.28. The number of thioether (sulfide) groups is 2. The van der Waals surface area contributed by atoms with Gasteiger partial charge < -0.3 is 9.47 Å². The molecule has 21 heavy (non-hydrogen) atoms. The van der Waals surface area contributed by atoms with E-state index < -0.39 is 0 Å². The average Bonchev–Trinajstić information content (AvgIpc) is 3.18. The molecule has 6 nitrogen and oxygen atoms in total. The Morgan fingerprint density at radius 3 is 2.86 bits per heavy atom. The van der Waals surface area contributed by atoms with E-state index in [2.05, 4.69) is 26.7 Å². The van der Waals surface area contributed by atoms with Gasteiger partial charge in [-0.25, -0.2) is 4.68 Å². The fourth-order valence-corrected chi connectivity index (χ4v) is 4.60. The van der Waals surface area contributed by atoms with Crippen LogP contribution in [0.1, 0.15) is 10.9 Å². The number of methoxy groups -OCH3 is 2. The molecule has 1 atom stereocenters. The summed E-state index contributed by atoms with van der Waals surface area (Å²) in [4.78, 5) is 0. The van der Waals surface area contributed by atoms with Crippen LogP contribution in [-0.2, 0) is 0 Å².